The quantitative estimate of drug-likeness (QED) is 0.0222. The molecule has 0 aliphatic rings. The number of esters is 4. The molecule has 2 unspecified atom stereocenters. The first-order valence-corrected chi connectivity index (χ1v) is 35.6. The van der Waals surface area contributed by atoms with Gasteiger partial charge in [0.15, 0.2) is 12.2 Å². The van der Waals surface area contributed by atoms with Gasteiger partial charge in [-0.05, 0) is 31.6 Å². The van der Waals surface area contributed by atoms with Crippen LogP contribution in [0.25, 0.3) is 0 Å². The molecule has 0 spiro atoms. The number of carbonyl (C=O) groups is 4. The van der Waals surface area contributed by atoms with E-state index in [4.69, 9.17) is 37.0 Å². The third kappa shape index (κ3) is 56.9. The van der Waals surface area contributed by atoms with Gasteiger partial charge in [-0.3, -0.25) is 37.3 Å². The predicted octanol–water partition coefficient (Wildman–Crippen LogP) is 17.0. The van der Waals surface area contributed by atoms with Crippen LogP contribution in [0.1, 0.15) is 311 Å². The molecule has 480 valence electrons. The Balaban J connectivity index is 5.23. The molecule has 17 nitrogen and oxygen atoms in total. The van der Waals surface area contributed by atoms with Gasteiger partial charge < -0.3 is 33.8 Å². The van der Waals surface area contributed by atoms with Gasteiger partial charge in [-0.2, -0.15) is 0 Å². The summed E-state index contributed by atoms with van der Waals surface area (Å²) in [6.45, 7) is 7.10. The zero-order chi connectivity index (χ0) is 59.9. The molecule has 0 fully saturated rings. The maximum absolute atomic E-state index is 12.9. The molecule has 0 heterocycles. The molecule has 0 aromatic rings. The first-order chi connectivity index (χ1) is 39.0. The second kappa shape index (κ2) is 55.9. The Labute approximate surface area is 492 Å². The minimum absolute atomic E-state index is 0.106. The van der Waals surface area contributed by atoms with Crippen LogP contribution >= 0.6 is 15.6 Å². The molecule has 19 heteroatoms. The fraction of sp³-hybridized carbons (Fsp3) is 0.935. The lowest BCUT2D eigenvalue weighted by Crippen LogP contribution is -2.30. The molecular weight excluding hydrogens is 1080 g/mol. The highest BCUT2D eigenvalue weighted by atomic mass is 31.2. The Morgan fingerprint density at radius 1 is 0.333 bits per heavy atom. The molecule has 3 N–H and O–H groups in total. The first kappa shape index (κ1) is 79.1. The van der Waals surface area contributed by atoms with E-state index in [0.717, 1.165) is 96.3 Å². The zero-order valence-electron chi connectivity index (χ0n) is 51.9. The molecule has 81 heavy (non-hydrogen) atoms. The number of phosphoric acid groups is 2. The van der Waals surface area contributed by atoms with E-state index in [-0.39, 0.29) is 25.7 Å². The number of rotatable bonds is 62. The third-order valence-electron chi connectivity index (χ3n) is 14.3. The molecule has 0 aliphatic heterocycles. The van der Waals surface area contributed by atoms with Crippen LogP contribution in [-0.2, 0) is 65.4 Å². The van der Waals surface area contributed by atoms with Gasteiger partial charge in [-0.1, -0.05) is 259 Å². The second-order valence-corrected chi connectivity index (χ2v) is 25.8. The maximum Gasteiger partial charge on any atom is 0.472 e. The van der Waals surface area contributed by atoms with Crippen molar-refractivity contribution in [1.82, 2.24) is 0 Å². The molecule has 0 amide bonds. The van der Waals surface area contributed by atoms with Crippen molar-refractivity contribution in [2.45, 2.75) is 329 Å². The van der Waals surface area contributed by atoms with Crippen molar-refractivity contribution in [2.24, 2.45) is 5.92 Å². The van der Waals surface area contributed by atoms with Crippen molar-refractivity contribution in [3.05, 3.63) is 0 Å². The SMILES string of the molecule is CCCCCCCCCCCCCCC(=O)O[C@H](COC(=O)CCCCCCCCCC(C)C)COP(=O)(O)OC[C@@H](O)COP(=O)(O)OC[C@@H](COC(=O)CCCCCCCCCCC)OC(=O)CCCCCCCCCCCC. The smallest absolute Gasteiger partial charge is 0.462 e. The van der Waals surface area contributed by atoms with Crippen molar-refractivity contribution >= 4 is 39.5 Å². The zero-order valence-corrected chi connectivity index (χ0v) is 53.7. The summed E-state index contributed by atoms with van der Waals surface area (Å²) in [6, 6.07) is 0. The Morgan fingerprint density at radius 2 is 0.568 bits per heavy atom. The van der Waals surface area contributed by atoms with Crippen LogP contribution in [0.5, 0.6) is 0 Å². The predicted molar refractivity (Wildman–Crippen MR) is 322 cm³/mol. The summed E-state index contributed by atoms with van der Waals surface area (Å²) < 4.78 is 67.9. The summed E-state index contributed by atoms with van der Waals surface area (Å²) >= 11 is 0. The standard InChI is InChI=1S/C62H120O17P2/c1-6-9-12-15-18-21-23-24-27-32-38-43-48-62(67)79-58(52-73-60(65)46-41-36-33-28-29-34-39-44-55(4)5)54-77-81(70,71)75-50-56(63)49-74-80(68,69)76-53-57(51-72-59(64)45-40-35-30-25-20-17-14-11-8-3)78-61(66)47-42-37-31-26-22-19-16-13-10-7-2/h55-58,63H,6-54H2,1-5H3,(H,68,69)(H,70,71)/t56-,57+,58+/m0/s1. The van der Waals surface area contributed by atoms with Gasteiger partial charge in [0.1, 0.15) is 19.3 Å². The molecular formula is C62H120O17P2. The molecule has 0 rings (SSSR count). The highest BCUT2D eigenvalue weighted by molar-refractivity contribution is 7.47. The summed E-state index contributed by atoms with van der Waals surface area (Å²) in [5, 5.41) is 10.5. The minimum Gasteiger partial charge on any atom is -0.462 e. The van der Waals surface area contributed by atoms with E-state index in [9.17, 15) is 43.2 Å². The van der Waals surface area contributed by atoms with Crippen LogP contribution in [0, 0.1) is 5.92 Å². The Morgan fingerprint density at radius 3 is 0.840 bits per heavy atom. The number of ether oxygens (including phenoxy) is 4. The van der Waals surface area contributed by atoms with Gasteiger partial charge in [0.2, 0.25) is 0 Å². The van der Waals surface area contributed by atoms with E-state index < -0.39 is 97.5 Å². The third-order valence-corrected chi connectivity index (χ3v) is 16.2. The molecule has 0 aromatic heterocycles. The topological polar surface area (TPSA) is 237 Å². The van der Waals surface area contributed by atoms with E-state index in [1.807, 2.05) is 0 Å². The summed E-state index contributed by atoms with van der Waals surface area (Å²) in [5.74, 6) is -1.43. The number of hydrogen-bond acceptors (Lipinski definition) is 15. The lowest BCUT2D eigenvalue weighted by molar-refractivity contribution is -0.161. The molecule has 0 saturated heterocycles. The second-order valence-electron chi connectivity index (χ2n) is 22.9. The van der Waals surface area contributed by atoms with Crippen molar-refractivity contribution in [3.8, 4) is 0 Å². The average Bonchev–Trinajstić information content (AvgIpc) is 3.43. The summed E-state index contributed by atoms with van der Waals surface area (Å²) in [6.07, 6.45) is 38.9. The highest BCUT2D eigenvalue weighted by Gasteiger charge is 2.30. The molecule has 0 bridgehead atoms. The fourth-order valence-electron chi connectivity index (χ4n) is 9.23. The van der Waals surface area contributed by atoms with E-state index in [1.165, 1.54) is 128 Å². The summed E-state index contributed by atoms with van der Waals surface area (Å²) in [7, 11) is -9.88. The van der Waals surface area contributed by atoms with Crippen LogP contribution < -0.4 is 0 Å². The number of carbonyl (C=O) groups excluding carboxylic acids is 4. The average molecular weight is 1200 g/mol. The monoisotopic (exact) mass is 1200 g/mol. The Kier molecular flexibility index (Phi) is 54.6. The van der Waals surface area contributed by atoms with E-state index in [2.05, 4.69) is 34.6 Å². The van der Waals surface area contributed by atoms with Gasteiger partial charge >= 0.3 is 39.5 Å². The summed E-state index contributed by atoms with van der Waals surface area (Å²) in [5.41, 5.74) is 0. The van der Waals surface area contributed by atoms with Gasteiger partial charge in [0, 0.05) is 25.7 Å². The maximum atomic E-state index is 12.9. The number of hydrogen-bond donors (Lipinski definition) is 3. The van der Waals surface area contributed by atoms with E-state index >= 15 is 0 Å². The van der Waals surface area contributed by atoms with Gasteiger partial charge in [-0.15, -0.1) is 0 Å². The Hall–Kier alpha value is -1.94. The largest absolute Gasteiger partial charge is 0.472 e. The number of aliphatic hydroxyl groups is 1. The number of phosphoric ester groups is 2. The fourth-order valence-corrected chi connectivity index (χ4v) is 10.8. The van der Waals surface area contributed by atoms with Gasteiger partial charge in [-0.25, -0.2) is 9.13 Å². The number of aliphatic hydroxyl groups excluding tert-OH is 1. The van der Waals surface area contributed by atoms with Gasteiger partial charge in [0.25, 0.3) is 0 Å². The lowest BCUT2D eigenvalue weighted by atomic mass is 10.0. The van der Waals surface area contributed by atoms with E-state index in [0.29, 0.717) is 31.6 Å². The minimum atomic E-state index is -4.94. The summed E-state index contributed by atoms with van der Waals surface area (Å²) in [4.78, 5) is 72.0. The normalized spacial score (nSPS) is 14.3. The van der Waals surface area contributed by atoms with Crippen LogP contribution in [0.2, 0.25) is 0 Å². The lowest BCUT2D eigenvalue weighted by Gasteiger charge is -2.21. The van der Waals surface area contributed by atoms with Crippen LogP contribution in [0.4, 0.5) is 0 Å². The van der Waals surface area contributed by atoms with Crippen molar-refractivity contribution in [2.75, 3.05) is 39.6 Å². The molecule has 0 aliphatic carbocycles. The van der Waals surface area contributed by atoms with Crippen LogP contribution in [-0.4, -0.2) is 96.7 Å². The first-order valence-electron chi connectivity index (χ1n) is 32.6. The van der Waals surface area contributed by atoms with Crippen LogP contribution in [0.3, 0.4) is 0 Å². The van der Waals surface area contributed by atoms with Crippen molar-refractivity contribution < 1.29 is 80.2 Å². The van der Waals surface area contributed by atoms with E-state index in [1.54, 1.807) is 0 Å². The molecule has 0 radical (unpaired) electrons. The highest BCUT2D eigenvalue weighted by Crippen LogP contribution is 2.45. The number of unbranched alkanes of at least 4 members (excludes halogenated alkanes) is 34. The molecule has 0 saturated carbocycles. The van der Waals surface area contributed by atoms with Crippen molar-refractivity contribution in [1.29, 1.82) is 0 Å². The Bertz CT molecular complexity index is 1580. The molecule has 5 atom stereocenters. The molecule has 0 aromatic carbocycles. The van der Waals surface area contributed by atoms with Crippen LogP contribution in [0.15, 0.2) is 0 Å². The van der Waals surface area contributed by atoms with Crippen molar-refractivity contribution in [3.63, 3.8) is 0 Å². The van der Waals surface area contributed by atoms with Gasteiger partial charge in [0.05, 0.1) is 26.4 Å².